The number of aromatic nitrogens is 1. The Morgan fingerprint density at radius 1 is 1.17 bits per heavy atom. The summed E-state index contributed by atoms with van der Waals surface area (Å²) in [6.45, 7) is 1.86. The predicted molar refractivity (Wildman–Crippen MR) is 110 cm³/mol. The standard InChI is InChI=1S/C23H21FN2O4/c1-14-5-3-4-6-18(14)20(12-21(27)28)26-22(29)16-11-19(23(30-2)25-13-16)15-7-9-17(24)10-8-15/h3-11,13,20H,12H2,1-2H3,(H,26,29)(H,27,28). The van der Waals surface area contributed by atoms with Crippen LogP contribution in [-0.4, -0.2) is 29.1 Å². The van der Waals surface area contributed by atoms with Gasteiger partial charge in [-0.15, -0.1) is 0 Å². The lowest BCUT2D eigenvalue weighted by Gasteiger charge is -2.20. The minimum absolute atomic E-state index is 0.235. The molecule has 30 heavy (non-hydrogen) atoms. The van der Waals surface area contributed by atoms with Crippen LogP contribution in [0.3, 0.4) is 0 Å². The van der Waals surface area contributed by atoms with Crippen molar-refractivity contribution in [1.29, 1.82) is 0 Å². The van der Waals surface area contributed by atoms with E-state index < -0.39 is 17.9 Å². The molecule has 0 saturated heterocycles. The summed E-state index contributed by atoms with van der Waals surface area (Å²) in [4.78, 5) is 28.4. The van der Waals surface area contributed by atoms with Gasteiger partial charge in [-0.3, -0.25) is 9.59 Å². The molecular weight excluding hydrogens is 387 g/mol. The van der Waals surface area contributed by atoms with Gasteiger partial charge in [-0.2, -0.15) is 0 Å². The molecule has 0 saturated carbocycles. The van der Waals surface area contributed by atoms with Crippen molar-refractivity contribution in [2.75, 3.05) is 7.11 Å². The van der Waals surface area contributed by atoms with Crippen LogP contribution >= 0.6 is 0 Å². The number of benzene rings is 2. The highest BCUT2D eigenvalue weighted by molar-refractivity contribution is 5.96. The topological polar surface area (TPSA) is 88.5 Å². The van der Waals surface area contributed by atoms with Gasteiger partial charge in [-0.25, -0.2) is 9.37 Å². The molecule has 2 aromatic carbocycles. The van der Waals surface area contributed by atoms with E-state index in [2.05, 4.69) is 10.3 Å². The van der Waals surface area contributed by atoms with Crippen molar-refractivity contribution in [3.8, 4) is 17.0 Å². The molecule has 1 amide bonds. The van der Waals surface area contributed by atoms with E-state index in [9.17, 15) is 19.1 Å². The molecule has 0 bridgehead atoms. The maximum Gasteiger partial charge on any atom is 0.305 e. The minimum Gasteiger partial charge on any atom is -0.481 e. The first-order chi connectivity index (χ1) is 14.4. The van der Waals surface area contributed by atoms with Crippen LogP contribution in [-0.2, 0) is 4.79 Å². The molecule has 2 N–H and O–H groups in total. The molecule has 7 heteroatoms. The number of rotatable bonds is 7. The van der Waals surface area contributed by atoms with Crippen molar-refractivity contribution < 1.29 is 23.8 Å². The average Bonchev–Trinajstić information content (AvgIpc) is 2.73. The lowest BCUT2D eigenvalue weighted by atomic mass is 9.98. The summed E-state index contributed by atoms with van der Waals surface area (Å²) in [6.07, 6.45) is 1.10. The molecule has 3 rings (SSSR count). The van der Waals surface area contributed by atoms with Gasteiger partial charge in [-0.1, -0.05) is 36.4 Å². The first-order valence-electron chi connectivity index (χ1n) is 9.27. The number of nitrogens with zero attached hydrogens (tertiary/aromatic N) is 1. The Morgan fingerprint density at radius 2 is 1.87 bits per heavy atom. The van der Waals surface area contributed by atoms with Gasteiger partial charge >= 0.3 is 5.97 Å². The number of amides is 1. The summed E-state index contributed by atoms with van der Waals surface area (Å²) in [5, 5.41) is 12.1. The quantitative estimate of drug-likeness (QED) is 0.613. The first-order valence-corrected chi connectivity index (χ1v) is 9.27. The van der Waals surface area contributed by atoms with E-state index >= 15 is 0 Å². The molecule has 0 aliphatic heterocycles. The number of pyridine rings is 1. The largest absolute Gasteiger partial charge is 0.481 e. The Kier molecular flexibility index (Phi) is 6.41. The third kappa shape index (κ3) is 4.81. The maximum absolute atomic E-state index is 13.3. The zero-order valence-electron chi connectivity index (χ0n) is 16.6. The third-order valence-corrected chi connectivity index (χ3v) is 4.71. The maximum atomic E-state index is 13.3. The summed E-state index contributed by atoms with van der Waals surface area (Å²) in [7, 11) is 1.45. The first kappa shape index (κ1) is 21.0. The number of aryl methyl sites for hydroxylation is 1. The Labute approximate surface area is 173 Å². The molecule has 0 fully saturated rings. The highest BCUT2D eigenvalue weighted by Gasteiger charge is 2.21. The summed E-state index contributed by atoms with van der Waals surface area (Å²) >= 11 is 0. The molecule has 0 spiro atoms. The molecule has 1 atom stereocenters. The SMILES string of the molecule is COc1ncc(C(=O)NC(CC(=O)O)c2ccccc2C)cc1-c1ccc(F)cc1. The van der Waals surface area contributed by atoms with Crippen molar-refractivity contribution >= 4 is 11.9 Å². The van der Waals surface area contributed by atoms with Crippen LogP contribution in [0.15, 0.2) is 60.8 Å². The number of ether oxygens (including phenoxy) is 1. The van der Waals surface area contributed by atoms with Gasteiger partial charge in [0.15, 0.2) is 0 Å². The Morgan fingerprint density at radius 3 is 2.50 bits per heavy atom. The highest BCUT2D eigenvalue weighted by Crippen LogP contribution is 2.29. The third-order valence-electron chi connectivity index (χ3n) is 4.71. The van der Waals surface area contributed by atoms with Crippen molar-refractivity contribution in [2.24, 2.45) is 0 Å². The van der Waals surface area contributed by atoms with Crippen molar-refractivity contribution in [1.82, 2.24) is 10.3 Å². The monoisotopic (exact) mass is 408 g/mol. The van der Waals surface area contributed by atoms with E-state index in [0.717, 1.165) is 11.1 Å². The van der Waals surface area contributed by atoms with Crippen molar-refractivity contribution in [3.05, 3.63) is 83.3 Å². The number of methoxy groups -OCH3 is 1. The zero-order valence-corrected chi connectivity index (χ0v) is 16.6. The number of aliphatic carboxylic acids is 1. The molecular formula is C23H21FN2O4. The van der Waals surface area contributed by atoms with Crippen LogP contribution in [0.25, 0.3) is 11.1 Å². The van der Waals surface area contributed by atoms with Crippen molar-refractivity contribution in [2.45, 2.75) is 19.4 Å². The summed E-state index contributed by atoms with van der Waals surface area (Å²) in [5.41, 5.74) is 3.00. The van der Waals surface area contributed by atoms with Gasteiger partial charge in [0, 0.05) is 11.8 Å². The van der Waals surface area contributed by atoms with Gasteiger partial charge in [-0.05, 0) is 41.8 Å². The van der Waals surface area contributed by atoms with E-state index in [1.165, 1.54) is 25.4 Å². The minimum atomic E-state index is -1.02. The molecule has 154 valence electrons. The van der Waals surface area contributed by atoms with Gasteiger partial charge in [0.1, 0.15) is 5.82 Å². The van der Waals surface area contributed by atoms with Gasteiger partial charge in [0.2, 0.25) is 5.88 Å². The molecule has 6 nitrogen and oxygen atoms in total. The molecule has 0 aliphatic carbocycles. The number of carboxylic acids is 1. The molecule has 0 aliphatic rings. The Hall–Kier alpha value is -3.74. The van der Waals surface area contributed by atoms with E-state index in [4.69, 9.17) is 4.74 Å². The molecule has 0 radical (unpaired) electrons. The van der Waals surface area contributed by atoms with Crippen LogP contribution in [0, 0.1) is 12.7 Å². The summed E-state index contributed by atoms with van der Waals surface area (Å²) in [5.74, 6) is -1.58. The second-order valence-corrected chi connectivity index (χ2v) is 6.77. The van der Waals surface area contributed by atoms with Gasteiger partial charge in [0.25, 0.3) is 5.91 Å². The number of halogens is 1. The second kappa shape index (κ2) is 9.17. The van der Waals surface area contributed by atoms with Crippen LogP contribution in [0.2, 0.25) is 0 Å². The molecule has 1 heterocycles. The predicted octanol–water partition coefficient (Wildman–Crippen LogP) is 4.15. The molecule has 3 aromatic rings. The summed E-state index contributed by atoms with van der Waals surface area (Å²) < 4.78 is 18.5. The van der Waals surface area contributed by atoms with Crippen LogP contribution in [0.5, 0.6) is 5.88 Å². The Bertz CT molecular complexity index is 1070. The van der Waals surface area contributed by atoms with E-state index in [-0.39, 0.29) is 17.8 Å². The fraction of sp³-hybridized carbons (Fsp3) is 0.174. The van der Waals surface area contributed by atoms with Crippen LogP contribution < -0.4 is 10.1 Å². The lowest BCUT2D eigenvalue weighted by Crippen LogP contribution is -2.30. The molecule has 1 unspecified atom stereocenters. The van der Waals surface area contributed by atoms with Gasteiger partial charge < -0.3 is 15.2 Å². The number of nitrogens with one attached hydrogen (secondary N) is 1. The summed E-state index contributed by atoms with van der Waals surface area (Å²) in [6, 6.07) is 13.9. The lowest BCUT2D eigenvalue weighted by molar-refractivity contribution is -0.137. The van der Waals surface area contributed by atoms with E-state index in [1.807, 2.05) is 19.1 Å². The number of carboxylic acid groups (broad SMARTS) is 1. The number of carbonyl (C=O) groups excluding carboxylic acids is 1. The smallest absolute Gasteiger partial charge is 0.305 e. The zero-order chi connectivity index (χ0) is 21.7. The van der Waals surface area contributed by atoms with Crippen LogP contribution in [0.4, 0.5) is 4.39 Å². The van der Waals surface area contributed by atoms with Crippen molar-refractivity contribution in [3.63, 3.8) is 0 Å². The normalized spacial score (nSPS) is 11.6. The Balaban J connectivity index is 1.93. The highest BCUT2D eigenvalue weighted by atomic mass is 19.1. The van der Waals surface area contributed by atoms with E-state index in [0.29, 0.717) is 17.0 Å². The molecule has 1 aromatic heterocycles. The fourth-order valence-corrected chi connectivity index (χ4v) is 3.21. The average molecular weight is 408 g/mol. The fourth-order valence-electron chi connectivity index (χ4n) is 3.21. The number of hydrogen-bond acceptors (Lipinski definition) is 4. The van der Waals surface area contributed by atoms with Crippen LogP contribution in [0.1, 0.15) is 33.9 Å². The van der Waals surface area contributed by atoms with Gasteiger partial charge in [0.05, 0.1) is 25.1 Å². The number of carbonyl (C=O) groups is 2. The van der Waals surface area contributed by atoms with E-state index in [1.54, 1.807) is 30.3 Å². The second-order valence-electron chi connectivity index (χ2n) is 6.77. The number of hydrogen-bond donors (Lipinski definition) is 2.